The van der Waals surface area contributed by atoms with Crippen molar-refractivity contribution in [1.29, 1.82) is 0 Å². The zero-order valence-electron chi connectivity index (χ0n) is 12.1. The number of amides is 1. The van der Waals surface area contributed by atoms with Crippen LogP contribution in [0.4, 0.5) is 5.69 Å². The number of carbonyl (C=O) groups is 1. The first-order valence-electron chi connectivity index (χ1n) is 7.09. The van der Waals surface area contributed by atoms with E-state index < -0.39 is 0 Å². The molecule has 4 nitrogen and oxygen atoms in total. The molecule has 1 aromatic carbocycles. The van der Waals surface area contributed by atoms with Crippen LogP contribution in [0.25, 0.3) is 0 Å². The van der Waals surface area contributed by atoms with Crippen LogP contribution < -0.4 is 15.5 Å². The normalized spacial score (nSPS) is 16.2. The Bertz CT molecular complexity index is 476. The lowest BCUT2D eigenvalue weighted by atomic mass is 10.1. The molecule has 110 valence electrons. The molecule has 0 bridgehead atoms. The molecule has 1 heterocycles. The third kappa shape index (κ3) is 4.21. The fraction of sp³-hybridized carbons (Fsp3) is 0.533. The molecule has 0 atom stereocenters. The molecule has 1 aliphatic rings. The van der Waals surface area contributed by atoms with Crippen molar-refractivity contribution in [2.45, 2.75) is 32.9 Å². The van der Waals surface area contributed by atoms with Gasteiger partial charge in [-0.05, 0) is 17.7 Å². The molecule has 1 saturated heterocycles. The lowest BCUT2D eigenvalue weighted by Gasteiger charge is -2.23. The first-order valence-corrected chi connectivity index (χ1v) is 7.89. The molecule has 0 aliphatic carbocycles. The van der Waals surface area contributed by atoms with Gasteiger partial charge in [-0.15, -0.1) is 0 Å². The van der Waals surface area contributed by atoms with Crippen molar-refractivity contribution in [2.24, 2.45) is 0 Å². The Kier molecular flexibility index (Phi) is 5.43. The minimum absolute atomic E-state index is 0.143. The zero-order valence-corrected chi connectivity index (χ0v) is 13.7. The average Bonchev–Trinajstić information content (AvgIpc) is 2.62. The first kappa shape index (κ1) is 15.3. The van der Waals surface area contributed by atoms with Crippen LogP contribution in [-0.2, 0) is 11.3 Å². The fourth-order valence-corrected chi connectivity index (χ4v) is 2.72. The first-order chi connectivity index (χ1) is 9.56. The van der Waals surface area contributed by atoms with E-state index in [0.29, 0.717) is 19.0 Å². The third-order valence-electron chi connectivity index (χ3n) is 3.42. The van der Waals surface area contributed by atoms with Crippen LogP contribution in [0.15, 0.2) is 22.7 Å². The van der Waals surface area contributed by atoms with Gasteiger partial charge in [0.2, 0.25) is 5.91 Å². The van der Waals surface area contributed by atoms with Crippen LogP contribution in [0, 0.1) is 0 Å². The highest BCUT2D eigenvalue weighted by Crippen LogP contribution is 2.24. The van der Waals surface area contributed by atoms with Crippen molar-refractivity contribution in [1.82, 2.24) is 10.6 Å². The van der Waals surface area contributed by atoms with Gasteiger partial charge in [0.1, 0.15) is 0 Å². The maximum Gasteiger partial charge on any atom is 0.221 e. The smallest absolute Gasteiger partial charge is 0.221 e. The summed E-state index contributed by atoms with van der Waals surface area (Å²) < 4.78 is 1.12. The molecule has 20 heavy (non-hydrogen) atoms. The van der Waals surface area contributed by atoms with Gasteiger partial charge in [-0.25, -0.2) is 0 Å². The Balaban J connectivity index is 2.06. The molecule has 0 spiro atoms. The Morgan fingerprint density at radius 2 is 2.20 bits per heavy atom. The Morgan fingerprint density at radius 3 is 2.90 bits per heavy atom. The second kappa shape index (κ2) is 7.09. The second-order valence-electron chi connectivity index (χ2n) is 5.40. The predicted molar refractivity (Wildman–Crippen MR) is 86.0 cm³/mol. The topological polar surface area (TPSA) is 44.4 Å². The number of halogens is 1. The number of anilines is 1. The molecule has 0 aromatic heterocycles. The van der Waals surface area contributed by atoms with Crippen LogP contribution in [0.3, 0.4) is 0 Å². The average molecular weight is 340 g/mol. The summed E-state index contributed by atoms with van der Waals surface area (Å²) >= 11 is 3.65. The summed E-state index contributed by atoms with van der Waals surface area (Å²) in [6.07, 6.45) is 0.564. The number of benzene rings is 1. The summed E-state index contributed by atoms with van der Waals surface area (Å²) in [5.74, 6) is 0.143. The van der Waals surface area contributed by atoms with Crippen molar-refractivity contribution < 1.29 is 4.79 Å². The van der Waals surface area contributed by atoms with Crippen LogP contribution in [0.1, 0.15) is 25.8 Å². The van der Waals surface area contributed by atoms with Crippen molar-refractivity contribution in [3.8, 4) is 0 Å². The Morgan fingerprint density at radius 1 is 1.40 bits per heavy atom. The molecular weight excluding hydrogens is 318 g/mol. The van der Waals surface area contributed by atoms with E-state index in [0.717, 1.165) is 24.1 Å². The SMILES string of the molecule is CC(C)NCc1ccc(N2CCNC(=O)CC2)cc1Br. The summed E-state index contributed by atoms with van der Waals surface area (Å²) in [7, 11) is 0. The van der Waals surface area contributed by atoms with Crippen LogP contribution in [0.2, 0.25) is 0 Å². The standard InChI is InChI=1S/C15H22BrN3O/c1-11(2)18-10-12-3-4-13(9-14(12)16)19-7-5-15(20)17-6-8-19/h3-4,9,11,18H,5-8,10H2,1-2H3,(H,17,20). The number of nitrogens with zero attached hydrogens (tertiary/aromatic N) is 1. The highest BCUT2D eigenvalue weighted by atomic mass is 79.9. The molecular formula is C15H22BrN3O. The third-order valence-corrected chi connectivity index (χ3v) is 4.15. The van der Waals surface area contributed by atoms with E-state index in [1.165, 1.54) is 11.3 Å². The molecule has 2 rings (SSSR count). The molecule has 1 fully saturated rings. The highest BCUT2D eigenvalue weighted by Gasteiger charge is 2.14. The fourth-order valence-electron chi connectivity index (χ4n) is 2.22. The van der Waals surface area contributed by atoms with E-state index in [4.69, 9.17) is 0 Å². The van der Waals surface area contributed by atoms with E-state index in [2.05, 4.69) is 63.5 Å². The minimum Gasteiger partial charge on any atom is -0.369 e. The predicted octanol–water partition coefficient (Wildman–Crippen LogP) is 2.27. The van der Waals surface area contributed by atoms with E-state index in [9.17, 15) is 4.79 Å². The van der Waals surface area contributed by atoms with Gasteiger partial charge in [-0.3, -0.25) is 4.79 Å². The molecule has 5 heteroatoms. The van der Waals surface area contributed by atoms with E-state index in [1.54, 1.807) is 0 Å². The number of nitrogens with one attached hydrogen (secondary N) is 2. The largest absolute Gasteiger partial charge is 0.369 e. The molecule has 1 aromatic rings. The molecule has 0 saturated carbocycles. The van der Waals surface area contributed by atoms with E-state index >= 15 is 0 Å². The summed E-state index contributed by atoms with van der Waals surface area (Å²) in [6, 6.07) is 6.91. The Hall–Kier alpha value is -1.07. The van der Waals surface area contributed by atoms with Gasteiger partial charge in [0.15, 0.2) is 0 Å². The van der Waals surface area contributed by atoms with Gasteiger partial charge in [-0.1, -0.05) is 35.8 Å². The number of hydrogen-bond acceptors (Lipinski definition) is 3. The van der Waals surface area contributed by atoms with Crippen molar-refractivity contribution >= 4 is 27.5 Å². The van der Waals surface area contributed by atoms with Gasteiger partial charge in [0.05, 0.1) is 0 Å². The van der Waals surface area contributed by atoms with Gasteiger partial charge < -0.3 is 15.5 Å². The zero-order chi connectivity index (χ0) is 14.5. The van der Waals surface area contributed by atoms with Crippen LogP contribution in [0.5, 0.6) is 0 Å². The van der Waals surface area contributed by atoms with Gasteiger partial charge in [0, 0.05) is 48.8 Å². The molecule has 0 radical (unpaired) electrons. The monoisotopic (exact) mass is 339 g/mol. The minimum atomic E-state index is 0.143. The number of rotatable bonds is 4. The maximum absolute atomic E-state index is 11.4. The van der Waals surface area contributed by atoms with Gasteiger partial charge in [-0.2, -0.15) is 0 Å². The maximum atomic E-state index is 11.4. The molecule has 0 unspecified atom stereocenters. The number of carbonyl (C=O) groups excluding carboxylic acids is 1. The van der Waals surface area contributed by atoms with Gasteiger partial charge in [0.25, 0.3) is 0 Å². The van der Waals surface area contributed by atoms with Crippen LogP contribution >= 0.6 is 15.9 Å². The summed E-state index contributed by atoms with van der Waals surface area (Å²) in [4.78, 5) is 13.6. The lowest BCUT2D eigenvalue weighted by molar-refractivity contribution is -0.120. The van der Waals surface area contributed by atoms with Gasteiger partial charge >= 0.3 is 0 Å². The summed E-state index contributed by atoms with van der Waals surface area (Å²) in [5, 5.41) is 6.32. The van der Waals surface area contributed by atoms with E-state index in [1.807, 2.05) is 0 Å². The highest BCUT2D eigenvalue weighted by molar-refractivity contribution is 9.10. The summed E-state index contributed by atoms with van der Waals surface area (Å²) in [6.45, 7) is 7.50. The van der Waals surface area contributed by atoms with E-state index in [-0.39, 0.29) is 5.91 Å². The van der Waals surface area contributed by atoms with Crippen LogP contribution in [-0.4, -0.2) is 31.6 Å². The van der Waals surface area contributed by atoms with Crippen molar-refractivity contribution in [3.05, 3.63) is 28.2 Å². The molecule has 1 aliphatic heterocycles. The quantitative estimate of drug-likeness (QED) is 0.884. The second-order valence-corrected chi connectivity index (χ2v) is 6.25. The Labute approximate surface area is 129 Å². The number of hydrogen-bond donors (Lipinski definition) is 2. The van der Waals surface area contributed by atoms with Crippen molar-refractivity contribution in [2.75, 3.05) is 24.5 Å². The van der Waals surface area contributed by atoms with Crippen molar-refractivity contribution in [3.63, 3.8) is 0 Å². The molecule has 2 N–H and O–H groups in total. The summed E-state index contributed by atoms with van der Waals surface area (Å²) in [5.41, 5.74) is 2.42. The lowest BCUT2D eigenvalue weighted by Crippen LogP contribution is -2.28. The molecule has 1 amide bonds.